The number of halogens is 3. The molecule has 0 unspecified atom stereocenters. The van der Waals surface area contributed by atoms with E-state index in [1.165, 1.54) is 48.8 Å². The van der Waals surface area contributed by atoms with E-state index in [9.17, 15) is 14.4 Å². The van der Waals surface area contributed by atoms with Crippen LogP contribution >= 0.6 is 45.8 Å². The summed E-state index contributed by atoms with van der Waals surface area (Å²) in [4.78, 5) is 39.3. The van der Waals surface area contributed by atoms with Gasteiger partial charge in [-0.1, -0.05) is 41.8 Å². The van der Waals surface area contributed by atoms with Crippen LogP contribution in [0.2, 0.25) is 10.0 Å². The Hall–Kier alpha value is -5.81. The SMILES string of the molecule is C1CCNCC1.Clc1cccc(I)c1.O=C(O)c1ccc2[nH]ncc2c1.O=C(c1ccc2[nH]ncc2c1)N1CCCCC1.O=C(c1ccc2c(cnn2-c2cccc(Cl)c2)c1)N1CCCCC1. The van der Waals surface area contributed by atoms with Crippen molar-refractivity contribution in [2.45, 2.75) is 57.8 Å². The third kappa shape index (κ3) is 14.1. The van der Waals surface area contributed by atoms with Crippen LogP contribution in [0.3, 0.4) is 0 Å². The molecule has 3 fully saturated rings. The number of benzene rings is 5. The zero-order chi connectivity index (χ0) is 47.0. The number of carboxylic acid groups (broad SMARTS) is 1. The Bertz CT molecular complexity index is 2850. The second-order valence-electron chi connectivity index (χ2n) is 16.4. The van der Waals surface area contributed by atoms with Gasteiger partial charge in [-0.25, -0.2) is 9.48 Å². The third-order valence-corrected chi connectivity index (χ3v) is 12.7. The number of piperidine rings is 3. The van der Waals surface area contributed by atoms with Crippen molar-refractivity contribution in [2.24, 2.45) is 0 Å². The van der Waals surface area contributed by atoms with Gasteiger partial charge in [0.2, 0.25) is 0 Å². The second kappa shape index (κ2) is 24.8. The van der Waals surface area contributed by atoms with Gasteiger partial charge in [-0.3, -0.25) is 19.8 Å². The number of H-pyrrole nitrogens is 2. The number of carbonyl (C=O) groups is 3. The maximum Gasteiger partial charge on any atom is 0.335 e. The van der Waals surface area contributed by atoms with E-state index in [2.05, 4.69) is 53.4 Å². The number of fused-ring (bicyclic) bond motifs is 3. The lowest BCUT2D eigenvalue weighted by Gasteiger charge is -2.26. The summed E-state index contributed by atoms with van der Waals surface area (Å²) < 4.78 is 3.02. The Labute approximate surface area is 413 Å². The average molecular weight is 1050 g/mol. The topological polar surface area (TPSA) is 165 Å². The van der Waals surface area contributed by atoms with Crippen LogP contribution in [0.5, 0.6) is 0 Å². The molecular weight excluding hydrogens is 1000 g/mol. The first-order valence-corrected chi connectivity index (χ1v) is 24.5. The van der Waals surface area contributed by atoms with Gasteiger partial charge in [0.05, 0.1) is 46.4 Å². The number of nitrogens with zero attached hydrogens (tertiary/aromatic N) is 6. The van der Waals surface area contributed by atoms with Gasteiger partial charge in [0.15, 0.2) is 0 Å². The van der Waals surface area contributed by atoms with Crippen LogP contribution in [-0.2, 0) is 0 Å². The van der Waals surface area contributed by atoms with Crippen molar-refractivity contribution in [3.8, 4) is 5.69 Å². The molecular formula is C51H54Cl2IN9O4. The minimum absolute atomic E-state index is 0.118. The molecule has 0 aliphatic carbocycles. The molecule has 348 valence electrons. The molecule has 3 aliphatic rings. The number of aromatic amines is 2. The molecule has 8 aromatic rings. The fourth-order valence-corrected chi connectivity index (χ4v) is 9.05. The quantitative estimate of drug-likeness (QED) is 0.127. The van der Waals surface area contributed by atoms with Crippen molar-refractivity contribution in [2.75, 3.05) is 39.3 Å². The fraction of sp³-hybridized carbons (Fsp3) is 0.294. The summed E-state index contributed by atoms with van der Waals surface area (Å²) in [5.74, 6) is -0.655. The largest absolute Gasteiger partial charge is 0.478 e. The molecule has 6 heterocycles. The number of aromatic nitrogens is 6. The van der Waals surface area contributed by atoms with E-state index in [4.69, 9.17) is 28.3 Å². The molecule has 0 radical (unpaired) electrons. The zero-order valence-corrected chi connectivity index (χ0v) is 40.8. The lowest BCUT2D eigenvalue weighted by atomic mass is 10.1. The molecule has 4 N–H and O–H groups in total. The molecule has 3 aromatic heterocycles. The van der Waals surface area contributed by atoms with Crippen molar-refractivity contribution in [1.29, 1.82) is 0 Å². The number of aromatic carboxylic acids is 1. The molecule has 67 heavy (non-hydrogen) atoms. The molecule has 0 spiro atoms. The summed E-state index contributed by atoms with van der Waals surface area (Å²) in [5, 5.41) is 34.0. The van der Waals surface area contributed by atoms with E-state index in [1.807, 2.05) is 99.4 Å². The fourth-order valence-electron chi connectivity index (χ4n) is 7.95. The van der Waals surface area contributed by atoms with Gasteiger partial charge in [-0.15, -0.1) is 0 Å². The third-order valence-electron chi connectivity index (χ3n) is 11.5. The molecule has 3 saturated heterocycles. The molecule has 3 aliphatic heterocycles. The highest BCUT2D eigenvalue weighted by Crippen LogP contribution is 2.24. The van der Waals surface area contributed by atoms with Crippen molar-refractivity contribution in [3.05, 3.63) is 152 Å². The Balaban J connectivity index is 0.000000135. The number of rotatable bonds is 4. The number of nitrogens with one attached hydrogen (secondary N) is 3. The molecule has 2 amide bonds. The summed E-state index contributed by atoms with van der Waals surface area (Å²) in [6, 6.07) is 31.6. The van der Waals surface area contributed by atoms with Crippen molar-refractivity contribution in [1.82, 2.24) is 45.3 Å². The van der Waals surface area contributed by atoms with Gasteiger partial charge in [-0.2, -0.15) is 15.3 Å². The van der Waals surface area contributed by atoms with E-state index in [0.29, 0.717) is 5.02 Å². The van der Waals surface area contributed by atoms with Gasteiger partial charge in [0.25, 0.3) is 11.8 Å². The first-order valence-electron chi connectivity index (χ1n) is 22.7. The number of carbonyl (C=O) groups excluding carboxylic acids is 2. The molecule has 0 bridgehead atoms. The van der Waals surface area contributed by atoms with Crippen LogP contribution in [0.1, 0.15) is 88.9 Å². The number of hydrogen-bond acceptors (Lipinski definition) is 7. The molecule has 0 saturated carbocycles. The Morgan fingerprint density at radius 3 is 1.55 bits per heavy atom. The summed E-state index contributed by atoms with van der Waals surface area (Å²) in [6.07, 6.45) is 16.3. The normalized spacial score (nSPS) is 14.6. The zero-order valence-electron chi connectivity index (χ0n) is 37.1. The molecule has 0 atom stereocenters. The van der Waals surface area contributed by atoms with Crippen molar-refractivity contribution in [3.63, 3.8) is 0 Å². The monoisotopic (exact) mass is 1050 g/mol. The number of hydrogen-bond donors (Lipinski definition) is 4. The van der Waals surface area contributed by atoms with Gasteiger partial charge >= 0.3 is 5.97 Å². The standard InChI is InChI=1S/C19H18ClN3O.C13H15N3O.C8H6N2O2.C6H4ClI.C5H11N/c20-16-5-4-6-17(12-16)23-18-8-7-14(11-15(18)13-21-23)19(24)22-9-2-1-3-10-22;17-13(16-6-2-1-3-7-16)10-4-5-12-11(8-10)9-14-15-12;11-8(12)5-1-2-7-6(3-5)4-9-10-7;7-5-2-1-3-6(8)4-5;1-2-4-6-5-3-1/h4-8,11-13H,1-3,9-10H2;4-5,8-9H,1-3,6-7H2,(H,14,15);1-4H,(H,9,10)(H,11,12);1-4H;6H,1-5H2. The number of carboxylic acids is 1. The summed E-state index contributed by atoms with van der Waals surface area (Å²) in [6.45, 7) is 6.00. The predicted octanol–water partition coefficient (Wildman–Crippen LogP) is 11.5. The minimum atomic E-state index is -0.918. The van der Waals surface area contributed by atoms with Crippen molar-refractivity contribution < 1.29 is 19.5 Å². The Kier molecular flexibility index (Phi) is 18.2. The van der Waals surface area contributed by atoms with Crippen LogP contribution in [-0.4, -0.2) is 102 Å². The molecule has 16 heteroatoms. The highest BCUT2D eigenvalue weighted by Gasteiger charge is 2.20. The maximum absolute atomic E-state index is 12.6. The first kappa shape index (κ1) is 49.1. The Morgan fingerprint density at radius 1 is 0.552 bits per heavy atom. The lowest BCUT2D eigenvalue weighted by molar-refractivity contribution is 0.0693. The van der Waals surface area contributed by atoms with Crippen LogP contribution < -0.4 is 5.32 Å². The van der Waals surface area contributed by atoms with E-state index in [-0.39, 0.29) is 17.4 Å². The van der Waals surface area contributed by atoms with E-state index in [0.717, 1.165) is 106 Å². The lowest BCUT2D eigenvalue weighted by Crippen LogP contribution is -2.35. The van der Waals surface area contributed by atoms with Crippen LogP contribution in [0.25, 0.3) is 38.4 Å². The maximum atomic E-state index is 12.6. The van der Waals surface area contributed by atoms with Crippen LogP contribution in [0, 0.1) is 3.57 Å². The minimum Gasteiger partial charge on any atom is -0.478 e. The number of likely N-dealkylation sites (tertiary alicyclic amines) is 2. The van der Waals surface area contributed by atoms with Gasteiger partial charge in [-0.05, 0) is 178 Å². The molecule has 11 rings (SSSR count). The smallest absolute Gasteiger partial charge is 0.335 e. The van der Waals surface area contributed by atoms with Gasteiger partial charge in [0.1, 0.15) is 0 Å². The summed E-state index contributed by atoms with van der Waals surface area (Å²) in [5.41, 5.74) is 5.47. The highest BCUT2D eigenvalue weighted by molar-refractivity contribution is 14.1. The van der Waals surface area contributed by atoms with E-state index < -0.39 is 5.97 Å². The second-order valence-corrected chi connectivity index (χ2v) is 18.5. The average Bonchev–Trinajstić information content (AvgIpc) is 4.15. The van der Waals surface area contributed by atoms with E-state index >= 15 is 0 Å². The van der Waals surface area contributed by atoms with Crippen LogP contribution in [0.15, 0.2) is 122 Å². The number of amides is 2. The highest BCUT2D eigenvalue weighted by atomic mass is 127. The molecule has 13 nitrogen and oxygen atoms in total. The summed E-state index contributed by atoms with van der Waals surface area (Å²) >= 11 is 13.9. The summed E-state index contributed by atoms with van der Waals surface area (Å²) in [7, 11) is 0. The molecule has 5 aromatic carbocycles. The van der Waals surface area contributed by atoms with Crippen LogP contribution in [0.4, 0.5) is 0 Å². The van der Waals surface area contributed by atoms with Gasteiger partial charge < -0.3 is 20.2 Å². The van der Waals surface area contributed by atoms with Gasteiger partial charge in [0, 0.05) is 67.1 Å². The Morgan fingerprint density at radius 2 is 1.06 bits per heavy atom. The van der Waals surface area contributed by atoms with E-state index in [1.54, 1.807) is 36.8 Å². The predicted molar refractivity (Wildman–Crippen MR) is 276 cm³/mol. The van der Waals surface area contributed by atoms with Crippen molar-refractivity contribution >= 4 is 96.3 Å². The first-order chi connectivity index (χ1) is 32.6.